The average Bonchev–Trinajstić information content (AvgIpc) is 3.55. The number of nitrogens with two attached hydrogens (primary N) is 1. The number of pyridine rings is 1. The van der Waals surface area contributed by atoms with E-state index in [0.29, 0.717) is 0 Å². The molecule has 0 spiro atoms. The Bertz CT molecular complexity index is 1530. The summed E-state index contributed by atoms with van der Waals surface area (Å²) < 4.78 is 2.24. The Kier molecular flexibility index (Phi) is 4.05. The van der Waals surface area contributed by atoms with Gasteiger partial charge < -0.3 is 11.1 Å². The minimum absolute atomic E-state index is 0.158. The summed E-state index contributed by atoms with van der Waals surface area (Å²) in [7, 11) is 0. The van der Waals surface area contributed by atoms with Crippen LogP contribution in [0.3, 0.4) is 0 Å². The summed E-state index contributed by atoms with van der Waals surface area (Å²) in [4.78, 5) is 9.92. The molecule has 1 aliphatic heterocycles. The smallest absolute Gasteiger partial charge is 0.154 e. The highest BCUT2D eigenvalue weighted by atomic mass is 15.2. The molecule has 2 aliphatic rings. The second-order valence-corrected chi connectivity index (χ2v) is 9.11. The molecule has 34 heavy (non-hydrogen) atoms. The van der Waals surface area contributed by atoms with Crippen molar-refractivity contribution in [2.24, 2.45) is 5.73 Å². The van der Waals surface area contributed by atoms with Crippen molar-refractivity contribution < 1.29 is 0 Å². The van der Waals surface area contributed by atoms with Crippen molar-refractivity contribution in [3.8, 4) is 39.6 Å². The van der Waals surface area contributed by atoms with Crippen molar-refractivity contribution in [1.82, 2.24) is 14.5 Å². The summed E-state index contributed by atoms with van der Waals surface area (Å²) in [6.07, 6.45) is 3.91. The number of nitrogens with zero attached hydrogens (tertiary/aromatic N) is 3. The van der Waals surface area contributed by atoms with E-state index in [1.54, 1.807) is 0 Å². The summed E-state index contributed by atoms with van der Waals surface area (Å²) in [5.41, 5.74) is 14.7. The van der Waals surface area contributed by atoms with Gasteiger partial charge >= 0.3 is 0 Å². The molecule has 0 bridgehead atoms. The van der Waals surface area contributed by atoms with Crippen molar-refractivity contribution in [2.45, 2.75) is 18.4 Å². The minimum atomic E-state index is -0.158. The highest BCUT2D eigenvalue weighted by Crippen LogP contribution is 2.46. The van der Waals surface area contributed by atoms with Crippen LogP contribution in [0.15, 0.2) is 97.2 Å². The van der Waals surface area contributed by atoms with E-state index in [4.69, 9.17) is 10.7 Å². The van der Waals surface area contributed by atoms with Crippen molar-refractivity contribution in [1.29, 1.82) is 0 Å². The molecule has 3 aromatic carbocycles. The van der Waals surface area contributed by atoms with E-state index in [-0.39, 0.29) is 5.54 Å². The number of hydrogen-bond acceptors (Lipinski definition) is 4. The number of para-hydroxylation sites is 1. The van der Waals surface area contributed by atoms with E-state index in [1.165, 1.54) is 5.56 Å². The van der Waals surface area contributed by atoms with Gasteiger partial charge in [-0.2, -0.15) is 0 Å². The van der Waals surface area contributed by atoms with Gasteiger partial charge in [0.05, 0.1) is 22.8 Å². The van der Waals surface area contributed by atoms with E-state index < -0.39 is 0 Å². The number of benzene rings is 3. The van der Waals surface area contributed by atoms with Gasteiger partial charge in [0.25, 0.3) is 0 Å². The number of aromatic nitrogens is 3. The van der Waals surface area contributed by atoms with Gasteiger partial charge in [0.2, 0.25) is 0 Å². The molecule has 0 atom stereocenters. The minimum Gasteiger partial charge on any atom is -0.338 e. The quantitative estimate of drug-likeness (QED) is 0.339. The number of imidazole rings is 1. The maximum atomic E-state index is 6.47. The summed E-state index contributed by atoms with van der Waals surface area (Å²) in [6.45, 7) is 0. The zero-order valence-electron chi connectivity index (χ0n) is 18.6. The summed E-state index contributed by atoms with van der Waals surface area (Å²) in [5.74, 6) is 1.70. The Morgan fingerprint density at radius 1 is 0.794 bits per heavy atom. The van der Waals surface area contributed by atoms with E-state index in [9.17, 15) is 0 Å². The van der Waals surface area contributed by atoms with E-state index in [2.05, 4.69) is 87.7 Å². The first-order valence-corrected chi connectivity index (χ1v) is 11.6. The molecule has 3 N–H and O–H groups in total. The van der Waals surface area contributed by atoms with E-state index >= 15 is 0 Å². The van der Waals surface area contributed by atoms with Crippen LogP contribution in [0.5, 0.6) is 0 Å². The lowest BCUT2D eigenvalue weighted by atomic mass is 10.00. The van der Waals surface area contributed by atoms with Gasteiger partial charge in [0, 0.05) is 28.4 Å². The number of anilines is 2. The Hall–Kier alpha value is -4.22. The first-order valence-electron chi connectivity index (χ1n) is 11.6. The molecule has 5 heteroatoms. The van der Waals surface area contributed by atoms with Crippen LogP contribution in [0, 0.1) is 0 Å². The number of fused-ring (bicyclic) bond motifs is 5. The lowest BCUT2D eigenvalue weighted by Gasteiger charge is -2.15. The van der Waals surface area contributed by atoms with Crippen molar-refractivity contribution in [3.05, 3.63) is 103 Å². The SMILES string of the molecule is NC1(c2ccc(-c3c(-c4ccccc4)nc4n3-c3cccnc3Nc3ccccc3-4)cc2)CC1. The molecule has 1 fully saturated rings. The molecular formula is C29H23N5. The highest BCUT2D eigenvalue weighted by Gasteiger charge is 2.40. The average molecular weight is 442 g/mol. The molecule has 2 aromatic heterocycles. The van der Waals surface area contributed by atoms with Gasteiger partial charge in [-0.15, -0.1) is 0 Å². The van der Waals surface area contributed by atoms with E-state index in [0.717, 1.165) is 63.9 Å². The lowest BCUT2D eigenvalue weighted by Crippen LogP contribution is -2.18. The van der Waals surface area contributed by atoms with Crippen LogP contribution in [-0.4, -0.2) is 14.5 Å². The van der Waals surface area contributed by atoms with Gasteiger partial charge in [-0.3, -0.25) is 4.57 Å². The van der Waals surface area contributed by atoms with Gasteiger partial charge in [0.15, 0.2) is 5.82 Å². The maximum Gasteiger partial charge on any atom is 0.154 e. The molecule has 1 aliphatic carbocycles. The molecular weight excluding hydrogens is 418 g/mol. The molecule has 7 rings (SSSR count). The van der Waals surface area contributed by atoms with Crippen molar-refractivity contribution >= 4 is 11.5 Å². The normalized spacial score (nSPS) is 14.9. The van der Waals surface area contributed by atoms with Crippen molar-refractivity contribution in [3.63, 3.8) is 0 Å². The van der Waals surface area contributed by atoms with Crippen LogP contribution >= 0.6 is 0 Å². The third-order valence-corrected chi connectivity index (χ3v) is 6.89. The molecule has 164 valence electrons. The monoisotopic (exact) mass is 441 g/mol. The second-order valence-electron chi connectivity index (χ2n) is 9.11. The predicted octanol–water partition coefficient (Wildman–Crippen LogP) is 6.27. The van der Waals surface area contributed by atoms with Crippen molar-refractivity contribution in [2.75, 3.05) is 5.32 Å². The van der Waals surface area contributed by atoms with Gasteiger partial charge in [-0.05, 0) is 42.7 Å². The lowest BCUT2D eigenvalue weighted by molar-refractivity contribution is 0.740. The third kappa shape index (κ3) is 2.91. The largest absolute Gasteiger partial charge is 0.338 e. The number of nitrogens with one attached hydrogen (secondary N) is 1. The fraction of sp³-hybridized carbons (Fsp3) is 0.103. The number of hydrogen-bond donors (Lipinski definition) is 2. The predicted molar refractivity (Wildman–Crippen MR) is 136 cm³/mol. The molecule has 5 nitrogen and oxygen atoms in total. The van der Waals surface area contributed by atoms with Crippen LogP contribution in [0.1, 0.15) is 18.4 Å². The summed E-state index contributed by atoms with van der Waals surface area (Å²) in [5, 5.41) is 3.52. The Morgan fingerprint density at radius 3 is 2.35 bits per heavy atom. The molecule has 1 saturated carbocycles. The van der Waals surface area contributed by atoms with Gasteiger partial charge in [-0.25, -0.2) is 9.97 Å². The number of rotatable bonds is 3. The third-order valence-electron chi connectivity index (χ3n) is 6.89. The standard InChI is InChI=1S/C29H23N5/c30-29(16-17-29)21-14-12-20(13-15-21)26-25(19-7-2-1-3-8-19)33-28-22-9-4-5-10-23(22)32-27-24(34(26)28)11-6-18-31-27/h1-15,18H,16-17,30H2,(H,31,32). The highest BCUT2D eigenvalue weighted by molar-refractivity contribution is 5.90. The summed E-state index contributed by atoms with van der Waals surface area (Å²) >= 11 is 0. The molecule has 0 unspecified atom stereocenters. The van der Waals surface area contributed by atoms with Gasteiger partial charge in [0.1, 0.15) is 5.82 Å². The van der Waals surface area contributed by atoms with Crippen LogP contribution in [0.4, 0.5) is 11.5 Å². The van der Waals surface area contributed by atoms with Gasteiger partial charge in [-0.1, -0.05) is 66.7 Å². The van der Waals surface area contributed by atoms with E-state index in [1.807, 2.05) is 24.4 Å². The first kappa shape index (κ1) is 19.3. The fourth-order valence-electron chi connectivity index (χ4n) is 4.87. The molecule has 0 saturated heterocycles. The van der Waals surface area contributed by atoms with Crippen LogP contribution in [0.25, 0.3) is 39.6 Å². The Morgan fingerprint density at radius 2 is 1.56 bits per heavy atom. The Balaban J connectivity index is 1.56. The zero-order chi connectivity index (χ0) is 22.7. The molecule has 0 amide bonds. The fourth-order valence-corrected chi connectivity index (χ4v) is 4.87. The van der Waals surface area contributed by atoms with Crippen LogP contribution in [0.2, 0.25) is 0 Å². The maximum absolute atomic E-state index is 6.47. The Labute approximate surface area is 197 Å². The van der Waals surface area contributed by atoms with Crippen LogP contribution in [-0.2, 0) is 5.54 Å². The molecule has 3 heterocycles. The molecule has 0 radical (unpaired) electrons. The first-order chi connectivity index (χ1) is 16.7. The molecule has 5 aromatic rings. The summed E-state index contributed by atoms with van der Waals surface area (Å²) in [6, 6.07) is 31.4. The second kappa shape index (κ2) is 7.14. The zero-order valence-corrected chi connectivity index (χ0v) is 18.6. The topological polar surface area (TPSA) is 68.8 Å². The van der Waals surface area contributed by atoms with Crippen LogP contribution < -0.4 is 11.1 Å².